The van der Waals surface area contributed by atoms with Crippen molar-refractivity contribution in [3.63, 3.8) is 0 Å². The number of rotatable bonds is 5. The van der Waals surface area contributed by atoms with Crippen molar-refractivity contribution >= 4 is 17.6 Å². The highest BCUT2D eigenvalue weighted by molar-refractivity contribution is 5.81. The minimum Gasteiger partial charge on any atom is -0.372 e. The lowest BCUT2D eigenvalue weighted by Gasteiger charge is -2.20. The third-order valence-electron chi connectivity index (χ3n) is 3.21. The van der Waals surface area contributed by atoms with E-state index in [2.05, 4.69) is 35.9 Å². The van der Waals surface area contributed by atoms with E-state index < -0.39 is 0 Å². The second-order valence-electron chi connectivity index (χ2n) is 4.50. The van der Waals surface area contributed by atoms with Crippen LogP contribution in [-0.4, -0.2) is 19.3 Å². The number of benzene rings is 2. The number of nitrogens with zero attached hydrogens (tertiary/aromatic N) is 2. The van der Waals surface area contributed by atoms with Gasteiger partial charge in [0.15, 0.2) is 0 Å². The van der Waals surface area contributed by atoms with Gasteiger partial charge in [-0.2, -0.15) is 0 Å². The smallest absolute Gasteiger partial charge is 0.123 e. The lowest BCUT2D eigenvalue weighted by molar-refractivity contribution is 0.628. The quantitative estimate of drug-likeness (QED) is 0.734. The number of halogens is 1. The molecule has 0 saturated heterocycles. The maximum absolute atomic E-state index is 12.8. The van der Waals surface area contributed by atoms with E-state index >= 15 is 0 Å². The zero-order valence-electron chi connectivity index (χ0n) is 11.9. The lowest BCUT2D eigenvalue weighted by Crippen LogP contribution is -2.21. The van der Waals surface area contributed by atoms with Crippen molar-refractivity contribution in [2.75, 3.05) is 18.0 Å². The maximum atomic E-state index is 12.8. The molecule has 0 aliphatic rings. The molecular formula is C17H19FN2. The molecule has 0 atom stereocenters. The van der Waals surface area contributed by atoms with E-state index in [-0.39, 0.29) is 5.82 Å². The van der Waals surface area contributed by atoms with E-state index in [4.69, 9.17) is 0 Å². The molecule has 0 bridgehead atoms. The third-order valence-corrected chi connectivity index (χ3v) is 3.21. The van der Waals surface area contributed by atoms with Gasteiger partial charge in [-0.15, -0.1) is 0 Å². The van der Waals surface area contributed by atoms with Crippen molar-refractivity contribution in [1.29, 1.82) is 0 Å². The van der Waals surface area contributed by atoms with Crippen LogP contribution in [0.25, 0.3) is 0 Å². The number of anilines is 1. The first-order chi connectivity index (χ1) is 9.72. The molecule has 0 spiro atoms. The molecular weight excluding hydrogens is 251 g/mol. The Bertz CT molecular complexity index is 555. The fourth-order valence-electron chi connectivity index (χ4n) is 2.04. The summed E-state index contributed by atoms with van der Waals surface area (Å²) in [6.07, 6.45) is 1.74. The van der Waals surface area contributed by atoms with Gasteiger partial charge in [0, 0.05) is 25.0 Å². The Morgan fingerprint density at radius 3 is 2.10 bits per heavy atom. The Balaban J connectivity index is 2.08. The summed E-state index contributed by atoms with van der Waals surface area (Å²) in [5.74, 6) is -0.231. The minimum atomic E-state index is -0.231. The van der Waals surface area contributed by atoms with Crippen LogP contribution in [0.4, 0.5) is 15.8 Å². The zero-order valence-corrected chi connectivity index (χ0v) is 11.9. The highest BCUT2D eigenvalue weighted by atomic mass is 19.1. The molecule has 0 amide bonds. The van der Waals surface area contributed by atoms with Gasteiger partial charge in [0.2, 0.25) is 0 Å². The largest absolute Gasteiger partial charge is 0.372 e. The Morgan fingerprint density at radius 2 is 1.55 bits per heavy atom. The predicted octanol–water partition coefficient (Wildman–Crippen LogP) is 4.42. The van der Waals surface area contributed by atoms with Crippen LogP contribution in [0, 0.1) is 5.82 Å². The molecule has 0 unspecified atom stereocenters. The summed E-state index contributed by atoms with van der Waals surface area (Å²) in [5, 5.41) is 0. The molecule has 0 aliphatic carbocycles. The average Bonchev–Trinajstić information content (AvgIpc) is 2.49. The fraction of sp³-hybridized carbons (Fsp3) is 0.235. The van der Waals surface area contributed by atoms with Crippen molar-refractivity contribution in [1.82, 2.24) is 0 Å². The topological polar surface area (TPSA) is 15.6 Å². The van der Waals surface area contributed by atoms with Crippen LogP contribution in [0.3, 0.4) is 0 Å². The highest BCUT2D eigenvalue weighted by Crippen LogP contribution is 2.19. The Morgan fingerprint density at radius 1 is 0.950 bits per heavy atom. The molecule has 3 heteroatoms. The van der Waals surface area contributed by atoms with E-state index in [0.717, 1.165) is 24.3 Å². The minimum absolute atomic E-state index is 0.231. The van der Waals surface area contributed by atoms with Crippen LogP contribution in [0.15, 0.2) is 53.5 Å². The molecule has 2 rings (SSSR count). The number of aliphatic imine (C=N–C) groups is 1. The van der Waals surface area contributed by atoms with Gasteiger partial charge in [0.1, 0.15) is 5.82 Å². The summed E-state index contributed by atoms with van der Waals surface area (Å²) >= 11 is 0. The fourth-order valence-corrected chi connectivity index (χ4v) is 2.04. The van der Waals surface area contributed by atoms with Crippen molar-refractivity contribution in [3.05, 3.63) is 59.9 Å². The second kappa shape index (κ2) is 6.85. The van der Waals surface area contributed by atoms with Crippen LogP contribution < -0.4 is 4.90 Å². The van der Waals surface area contributed by atoms with E-state index in [1.54, 1.807) is 18.3 Å². The first-order valence-corrected chi connectivity index (χ1v) is 6.87. The Kier molecular flexibility index (Phi) is 4.88. The van der Waals surface area contributed by atoms with Crippen molar-refractivity contribution in [2.45, 2.75) is 13.8 Å². The Hall–Kier alpha value is -2.16. The third kappa shape index (κ3) is 3.67. The van der Waals surface area contributed by atoms with Crippen molar-refractivity contribution in [3.8, 4) is 0 Å². The molecule has 0 aliphatic heterocycles. The maximum Gasteiger partial charge on any atom is 0.123 e. The van der Waals surface area contributed by atoms with E-state index in [0.29, 0.717) is 0 Å². The first kappa shape index (κ1) is 14.3. The lowest BCUT2D eigenvalue weighted by atomic mass is 10.2. The van der Waals surface area contributed by atoms with Crippen LogP contribution in [0.5, 0.6) is 0 Å². The SMILES string of the molecule is CCN(CC)c1ccc(N=Cc2ccc(F)cc2)cc1. The number of hydrogen-bond donors (Lipinski definition) is 0. The molecule has 2 nitrogen and oxygen atoms in total. The molecule has 104 valence electrons. The summed E-state index contributed by atoms with van der Waals surface area (Å²) in [4.78, 5) is 6.68. The highest BCUT2D eigenvalue weighted by Gasteiger charge is 2.00. The van der Waals surface area contributed by atoms with Crippen LogP contribution in [0.1, 0.15) is 19.4 Å². The van der Waals surface area contributed by atoms with Crippen LogP contribution >= 0.6 is 0 Å². The molecule has 0 saturated carbocycles. The zero-order chi connectivity index (χ0) is 14.4. The summed E-state index contributed by atoms with van der Waals surface area (Å²) < 4.78 is 12.8. The number of hydrogen-bond acceptors (Lipinski definition) is 2. The van der Waals surface area contributed by atoms with Crippen LogP contribution in [0.2, 0.25) is 0 Å². The molecule has 0 aromatic heterocycles. The normalized spacial score (nSPS) is 10.9. The summed E-state index contributed by atoms with van der Waals surface area (Å²) in [6.45, 7) is 6.28. The van der Waals surface area contributed by atoms with Crippen LogP contribution in [-0.2, 0) is 0 Å². The first-order valence-electron chi connectivity index (χ1n) is 6.87. The van der Waals surface area contributed by atoms with Gasteiger partial charge in [-0.3, -0.25) is 4.99 Å². The molecule has 0 radical (unpaired) electrons. The molecule has 20 heavy (non-hydrogen) atoms. The molecule has 2 aromatic rings. The van der Waals surface area contributed by atoms with E-state index in [1.165, 1.54) is 17.8 Å². The second-order valence-corrected chi connectivity index (χ2v) is 4.50. The average molecular weight is 270 g/mol. The summed E-state index contributed by atoms with van der Waals surface area (Å²) in [5.41, 5.74) is 2.99. The van der Waals surface area contributed by atoms with E-state index in [9.17, 15) is 4.39 Å². The van der Waals surface area contributed by atoms with Crippen molar-refractivity contribution < 1.29 is 4.39 Å². The van der Waals surface area contributed by atoms with Gasteiger partial charge >= 0.3 is 0 Å². The summed E-state index contributed by atoms with van der Waals surface area (Å²) in [7, 11) is 0. The predicted molar refractivity (Wildman–Crippen MR) is 83.7 cm³/mol. The molecule has 0 heterocycles. The van der Waals surface area contributed by atoms with E-state index in [1.807, 2.05) is 12.1 Å². The Labute approximate surface area is 119 Å². The van der Waals surface area contributed by atoms with Crippen molar-refractivity contribution in [2.24, 2.45) is 4.99 Å². The van der Waals surface area contributed by atoms with Gasteiger partial charge in [-0.25, -0.2) is 4.39 Å². The molecule has 2 aromatic carbocycles. The monoisotopic (exact) mass is 270 g/mol. The van der Waals surface area contributed by atoms with Gasteiger partial charge < -0.3 is 4.90 Å². The summed E-state index contributed by atoms with van der Waals surface area (Å²) in [6, 6.07) is 14.4. The standard InChI is InChI=1S/C17H19FN2/c1-3-20(4-2)17-11-9-16(10-12-17)19-13-14-5-7-15(18)8-6-14/h5-13H,3-4H2,1-2H3. The van der Waals surface area contributed by atoms with Gasteiger partial charge in [0.05, 0.1) is 5.69 Å². The van der Waals surface area contributed by atoms with Gasteiger partial charge in [-0.05, 0) is 55.8 Å². The molecule has 0 N–H and O–H groups in total. The van der Waals surface area contributed by atoms with Gasteiger partial charge in [-0.1, -0.05) is 12.1 Å². The molecule has 0 fully saturated rings. The van der Waals surface area contributed by atoms with Gasteiger partial charge in [0.25, 0.3) is 0 Å².